The summed E-state index contributed by atoms with van der Waals surface area (Å²) >= 11 is 0. The van der Waals surface area contributed by atoms with E-state index in [1.165, 1.54) is 5.57 Å². The van der Waals surface area contributed by atoms with Gasteiger partial charge in [0.25, 0.3) is 0 Å². The van der Waals surface area contributed by atoms with Crippen LogP contribution >= 0.6 is 0 Å². The molecule has 0 saturated heterocycles. The number of carbonyl (C=O) groups excluding carboxylic acids is 1. The summed E-state index contributed by atoms with van der Waals surface area (Å²) in [4.78, 5) is 12.2. The zero-order valence-corrected chi connectivity index (χ0v) is 19.9. The lowest BCUT2D eigenvalue weighted by atomic mass is 9.87. The quantitative estimate of drug-likeness (QED) is 0.368. The molecule has 0 aromatic heterocycles. The van der Waals surface area contributed by atoms with Gasteiger partial charge in [0.15, 0.2) is 5.78 Å². The number of fused-ring (bicyclic) bond motifs is 1. The van der Waals surface area contributed by atoms with E-state index in [0.29, 0.717) is 11.3 Å². The van der Waals surface area contributed by atoms with Gasteiger partial charge in [-0.15, -0.1) is 0 Å². The highest BCUT2D eigenvalue weighted by atomic mass is 16.5. The highest BCUT2D eigenvalue weighted by Crippen LogP contribution is 2.39. The molecule has 2 N–H and O–H groups in total. The Balaban J connectivity index is 1.85. The van der Waals surface area contributed by atoms with E-state index in [-0.39, 0.29) is 11.4 Å². The minimum absolute atomic E-state index is 0.199. The minimum atomic E-state index is -1.05. The Morgan fingerprint density at radius 3 is 2.58 bits per heavy atom. The lowest BCUT2D eigenvalue weighted by Crippen LogP contribution is -2.36. The molecule has 2 rings (SSSR count). The van der Waals surface area contributed by atoms with Crippen LogP contribution in [-0.2, 0) is 11.2 Å². The second-order valence-electron chi connectivity index (χ2n) is 9.37. The summed E-state index contributed by atoms with van der Waals surface area (Å²) in [7, 11) is 0. The number of phenols is 1. The van der Waals surface area contributed by atoms with Crippen LogP contribution in [0.4, 0.5) is 0 Å². The fourth-order valence-corrected chi connectivity index (χ4v) is 4.00. The Hall–Kier alpha value is -2.33. The minimum Gasteiger partial charge on any atom is -0.508 e. The van der Waals surface area contributed by atoms with Crippen molar-refractivity contribution in [1.29, 1.82) is 0 Å². The average molecular weight is 427 g/mol. The fraction of sp³-hybridized carbons (Fsp3) is 0.519. The van der Waals surface area contributed by atoms with Crippen molar-refractivity contribution in [1.82, 2.24) is 0 Å². The molecule has 0 spiro atoms. The third-order valence-corrected chi connectivity index (χ3v) is 5.91. The summed E-state index contributed by atoms with van der Waals surface area (Å²) < 4.78 is 6.36. The predicted molar refractivity (Wildman–Crippen MR) is 127 cm³/mol. The van der Waals surface area contributed by atoms with Gasteiger partial charge in [-0.3, -0.25) is 4.79 Å². The van der Waals surface area contributed by atoms with E-state index < -0.39 is 6.10 Å². The summed E-state index contributed by atoms with van der Waals surface area (Å²) in [5.74, 6) is 1.00. The van der Waals surface area contributed by atoms with E-state index in [0.717, 1.165) is 61.0 Å². The third kappa shape index (κ3) is 7.39. The first kappa shape index (κ1) is 24.9. The Morgan fingerprint density at radius 1 is 1.19 bits per heavy atom. The molecule has 4 heteroatoms. The molecule has 0 saturated carbocycles. The van der Waals surface area contributed by atoms with E-state index >= 15 is 0 Å². The molecule has 2 atom stereocenters. The molecule has 31 heavy (non-hydrogen) atoms. The highest BCUT2D eigenvalue weighted by Gasteiger charge is 2.32. The summed E-state index contributed by atoms with van der Waals surface area (Å²) in [6.45, 7) is 11.8. The van der Waals surface area contributed by atoms with Crippen molar-refractivity contribution in [2.24, 2.45) is 0 Å². The average Bonchev–Trinajstić information content (AvgIpc) is 2.67. The number of rotatable bonds is 9. The van der Waals surface area contributed by atoms with Gasteiger partial charge in [0, 0.05) is 0 Å². The van der Waals surface area contributed by atoms with Crippen molar-refractivity contribution in [2.45, 2.75) is 91.8 Å². The first-order valence-electron chi connectivity index (χ1n) is 11.2. The zero-order valence-electron chi connectivity index (χ0n) is 19.9. The Morgan fingerprint density at radius 2 is 1.90 bits per heavy atom. The van der Waals surface area contributed by atoms with Crippen LogP contribution in [0.15, 0.2) is 47.1 Å². The molecule has 0 fully saturated rings. The number of hydrogen-bond acceptors (Lipinski definition) is 4. The predicted octanol–water partition coefficient (Wildman–Crippen LogP) is 6.13. The highest BCUT2D eigenvalue weighted by molar-refractivity contribution is 5.99. The van der Waals surface area contributed by atoms with Crippen LogP contribution in [0, 0.1) is 6.92 Å². The lowest BCUT2D eigenvalue weighted by molar-refractivity contribution is -0.121. The molecule has 1 aromatic rings. The molecule has 1 aromatic carbocycles. The van der Waals surface area contributed by atoms with Crippen molar-refractivity contribution < 1.29 is 19.7 Å². The van der Waals surface area contributed by atoms with Crippen molar-refractivity contribution in [3.8, 4) is 11.5 Å². The molecule has 0 unspecified atom stereocenters. The maximum absolute atomic E-state index is 12.2. The SMILES string of the molecule is CC(C)=C[C@@H](O)C(=O)/C(C)=C/CCC(C)=CCC[C@]1(C)CCc2cc(O)cc(C)c2O1. The molecular formula is C27H38O4. The number of benzene rings is 1. The maximum Gasteiger partial charge on any atom is 0.190 e. The second-order valence-corrected chi connectivity index (χ2v) is 9.37. The number of ketones is 1. The number of aryl methyl sites for hydroxylation is 2. The Labute approximate surface area is 187 Å². The third-order valence-electron chi connectivity index (χ3n) is 5.91. The largest absolute Gasteiger partial charge is 0.508 e. The summed E-state index contributed by atoms with van der Waals surface area (Å²) in [6.07, 6.45) is 10.1. The van der Waals surface area contributed by atoms with Crippen LogP contribution in [0.2, 0.25) is 0 Å². The summed E-state index contributed by atoms with van der Waals surface area (Å²) in [6, 6.07) is 3.57. The molecule has 0 aliphatic carbocycles. The van der Waals surface area contributed by atoms with Crippen LogP contribution in [0.3, 0.4) is 0 Å². The van der Waals surface area contributed by atoms with Gasteiger partial charge in [-0.25, -0.2) is 0 Å². The van der Waals surface area contributed by atoms with Gasteiger partial charge in [-0.2, -0.15) is 0 Å². The number of allylic oxidation sites excluding steroid dienone is 4. The van der Waals surface area contributed by atoms with E-state index in [2.05, 4.69) is 19.9 Å². The van der Waals surface area contributed by atoms with Gasteiger partial charge in [0.1, 0.15) is 23.2 Å². The topological polar surface area (TPSA) is 66.8 Å². The van der Waals surface area contributed by atoms with Crippen LogP contribution in [0.1, 0.15) is 77.8 Å². The standard InChI is InChI=1S/C27H38O4/c1-18(2)15-24(29)25(30)20(4)11-7-9-19(3)10-8-13-27(6)14-12-22-17-23(28)16-21(5)26(22)31-27/h10-11,15-17,24,28-29H,7-9,12-14H2,1-6H3/b19-10?,20-11+/t24-,27-/m1/s1. The molecule has 170 valence electrons. The van der Waals surface area contributed by atoms with Crippen LogP contribution in [0.25, 0.3) is 0 Å². The van der Waals surface area contributed by atoms with E-state index in [9.17, 15) is 15.0 Å². The number of carbonyl (C=O) groups is 1. The number of hydrogen-bond donors (Lipinski definition) is 2. The number of phenolic OH excluding ortho intramolecular Hbond substituents is 1. The van der Waals surface area contributed by atoms with E-state index in [1.54, 1.807) is 19.1 Å². The van der Waals surface area contributed by atoms with Crippen molar-refractivity contribution in [3.63, 3.8) is 0 Å². The molecule has 1 aliphatic rings. The smallest absolute Gasteiger partial charge is 0.190 e. The molecular weight excluding hydrogens is 388 g/mol. The van der Waals surface area contributed by atoms with Crippen LogP contribution < -0.4 is 4.74 Å². The zero-order chi connectivity index (χ0) is 23.2. The van der Waals surface area contributed by atoms with Gasteiger partial charge in [-0.05, 0) is 115 Å². The normalized spacial score (nSPS) is 20.0. The molecule has 0 radical (unpaired) electrons. The van der Waals surface area contributed by atoms with E-state index in [1.807, 2.05) is 32.9 Å². The summed E-state index contributed by atoms with van der Waals surface area (Å²) in [5.41, 5.74) is 4.71. The van der Waals surface area contributed by atoms with Gasteiger partial charge >= 0.3 is 0 Å². The van der Waals surface area contributed by atoms with Gasteiger partial charge in [-0.1, -0.05) is 23.3 Å². The number of ether oxygens (including phenoxy) is 1. The maximum atomic E-state index is 12.2. The molecule has 1 heterocycles. The van der Waals surface area contributed by atoms with Crippen LogP contribution in [-0.4, -0.2) is 27.7 Å². The Kier molecular flexibility index (Phi) is 8.69. The van der Waals surface area contributed by atoms with Gasteiger partial charge in [0.05, 0.1) is 0 Å². The van der Waals surface area contributed by atoms with Crippen LogP contribution in [0.5, 0.6) is 11.5 Å². The van der Waals surface area contributed by atoms with Crippen molar-refractivity contribution in [2.75, 3.05) is 0 Å². The number of Topliss-reactive ketones (excluding diaryl/α,β-unsaturated/α-hetero) is 1. The van der Waals surface area contributed by atoms with Crippen molar-refractivity contribution in [3.05, 3.63) is 58.2 Å². The Bertz CT molecular complexity index is 887. The van der Waals surface area contributed by atoms with Gasteiger partial charge in [0.2, 0.25) is 0 Å². The first-order chi connectivity index (χ1) is 14.5. The molecule has 0 amide bonds. The fourth-order valence-electron chi connectivity index (χ4n) is 4.00. The monoisotopic (exact) mass is 426 g/mol. The molecule has 0 bridgehead atoms. The first-order valence-corrected chi connectivity index (χ1v) is 11.2. The summed E-state index contributed by atoms with van der Waals surface area (Å²) in [5, 5.41) is 19.7. The van der Waals surface area contributed by atoms with E-state index in [4.69, 9.17) is 4.74 Å². The molecule has 1 aliphatic heterocycles. The second kappa shape index (κ2) is 10.8. The van der Waals surface area contributed by atoms with Gasteiger partial charge < -0.3 is 14.9 Å². The number of aliphatic hydroxyl groups excluding tert-OH is 1. The molecule has 4 nitrogen and oxygen atoms in total. The van der Waals surface area contributed by atoms with Crippen molar-refractivity contribution >= 4 is 5.78 Å². The number of aromatic hydroxyl groups is 1. The number of aliphatic hydroxyl groups is 1. The lowest BCUT2D eigenvalue weighted by Gasteiger charge is -2.36.